The van der Waals surface area contributed by atoms with Crippen LogP contribution in [0.25, 0.3) is 0 Å². The maximum absolute atomic E-state index is 8.71. The standard InChI is InChI=1S/C14H21N3O/c1-4-13(7-8-15)17-10-12-6-5-9-16-14(12)18-11(2)3/h5-6,9,11,13,17H,4,7,10H2,1-3H3. The number of rotatable bonds is 7. The number of hydrogen-bond donors (Lipinski definition) is 1. The van der Waals surface area contributed by atoms with Crippen molar-refractivity contribution in [2.75, 3.05) is 0 Å². The van der Waals surface area contributed by atoms with Crippen LogP contribution in [0.5, 0.6) is 5.88 Å². The predicted molar refractivity (Wildman–Crippen MR) is 71.1 cm³/mol. The zero-order chi connectivity index (χ0) is 13.4. The van der Waals surface area contributed by atoms with Gasteiger partial charge in [0.25, 0.3) is 0 Å². The molecule has 0 spiro atoms. The molecule has 0 bridgehead atoms. The molecule has 98 valence electrons. The molecule has 0 saturated heterocycles. The van der Waals surface area contributed by atoms with E-state index >= 15 is 0 Å². The molecule has 0 aromatic carbocycles. The number of pyridine rings is 1. The second kappa shape index (κ2) is 7.67. The summed E-state index contributed by atoms with van der Waals surface area (Å²) in [6, 6.07) is 6.31. The van der Waals surface area contributed by atoms with Crippen molar-refractivity contribution in [1.29, 1.82) is 5.26 Å². The van der Waals surface area contributed by atoms with Crippen molar-refractivity contribution in [3.05, 3.63) is 23.9 Å². The number of aromatic nitrogens is 1. The topological polar surface area (TPSA) is 57.9 Å². The molecule has 1 N–H and O–H groups in total. The molecule has 1 aromatic heterocycles. The van der Waals surface area contributed by atoms with Gasteiger partial charge in [-0.05, 0) is 26.3 Å². The quantitative estimate of drug-likeness (QED) is 0.804. The van der Waals surface area contributed by atoms with Gasteiger partial charge in [0.15, 0.2) is 0 Å². The van der Waals surface area contributed by atoms with Crippen LogP contribution in [0, 0.1) is 11.3 Å². The van der Waals surface area contributed by atoms with Crippen LogP contribution < -0.4 is 10.1 Å². The number of hydrogen-bond acceptors (Lipinski definition) is 4. The minimum absolute atomic E-state index is 0.111. The molecule has 0 aliphatic rings. The van der Waals surface area contributed by atoms with E-state index in [9.17, 15) is 0 Å². The summed E-state index contributed by atoms with van der Waals surface area (Å²) in [7, 11) is 0. The molecule has 0 aliphatic carbocycles. The molecule has 4 nitrogen and oxygen atoms in total. The first-order valence-corrected chi connectivity index (χ1v) is 6.38. The molecule has 4 heteroatoms. The van der Waals surface area contributed by atoms with E-state index in [0.29, 0.717) is 18.8 Å². The lowest BCUT2D eigenvalue weighted by molar-refractivity contribution is 0.229. The Morgan fingerprint density at radius 2 is 2.28 bits per heavy atom. The Morgan fingerprint density at radius 1 is 1.50 bits per heavy atom. The van der Waals surface area contributed by atoms with E-state index in [0.717, 1.165) is 12.0 Å². The smallest absolute Gasteiger partial charge is 0.218 e. The molecule has 1 aromatic rings. The lowest BCUT2D eigenvalue weighted by Gasteiger charge is -2.16. The van der Waals surface area contributed by atoms with E-state index in [1.807, 2.05) is 26.0 Å². The first kappa shape index (κ1) is 14.5. The summed E-state index contributed by atoms with van der Waals surface area (Å²) in [5, 5.41) is 12.1. The Labute approximate surface area is 109 Å². The summed E-state index contributed by atoms with van der Waals surface area (Å²) in [6.07, 6.45) is 3.30. The highest BCUT2D eigenvalue weighted by Gasteiger charge is 2.09. The normalized spacial score (nSPS) is 12.2. The van der Waals surface area contributed by atoms with Crippen molar-refractivity contribution in [3.8, 4) is 11.9 Å². The maximum Gasteiger partial charge on any atom is 0.218 e. The largest absolute Gasteiger partial charge is 0.475 e. The minimum Gasteiger partial charge on any atom is -0.475 e. The number of nitriles is 1. The van der Waals surface area contributed by atoms with Gasteiger partial charge in [0.2, 0.25) is 5.88 Å². The van der Waals surface area contributed by atoms with Gasteiger partial charge in [-0.3, -0.25) is 0 Å². The number of ether oxygens (including phenoxy) is 1. The van der Waals surface area contributed by atoms with Crippen molar-refractivity contribution in [2.45, 2.75) is 52.3 Å². The Kier molecular flexibility index (Phi) is 6.16. The van der Waals surface area contributed by atoms with Crippen molar-refractivity contribution >= 4 is 0 Å². The first-order chi connectivity index (χ1) is 8.67. The fourth-order valence-corrected chi connectivity index (χ4v) is 1.61. The van der Waals surface area contributed by atoms with Gasteiger partial charge in [-0.2, -0.15) is 5.26 Å². The summed E-state index contributed by atoms with van der Waals surface area (Å²) < 4.78 is 5.66. The second-order valence-corrected chi connectivity index (χ2v) is 4.48. The Bertz CT molecular complexity index is 398. The van der Waals surface area contributed by atoms with Crippen LogP contribution in [0.2, 0.25) is 0 Å². The van der Waals surface area contributed by atoms with Gasteiger partial charge in [-0.15, -0.1) is 0 Å². The van der Waals surface area contributed by atoms with Crippen LogP contribution in [0.1, 0.15) is 39.2 Å². The minimum atomic E-state index is 0.111. The third-order valence-electron chi connectivity index (χ3n) is 2.61. The van der Waals surface area contributed by atoms with E-state index in [1.165, 1.54) is 0 Å². The van der Waals surface area contributed by atoms with Crippen LogP contribution in [0.3, 0.4) is 0 Å². The fraction of sp³-hybridized carbons (Fsp3) is 0.571. The highest BCUT2D eigenvalue weighted by Crippen LogP contribution is 2.16. The molecule has 0 amide bonds. The molecule has 0 fully saturated rings. The molecule has 1 rings (SSSR count). The van der Waals surface area contributed by atoms with Gasteiger partial charge in [0.1, 0.15) is 0 Å². The summed E-state index contributed by atoms with van der Waals surface area (Å²) >= 11 is 0. The predicted octanol–water partition coefficient (Wildman–Crippen LogP) is 2.65. The van der Waals surface area contributed by atoms with Gasteiger partial charge in [-0.25, -0.2) is 4.98 Å². The van der Waals surface area contributed by atoms with Crippen molar-refractivity contribution in [1.82, 2.24) is 10.3 Å². The average molecular weight is 247 g/mol. The van der Waals surface area contributed by atoms with Gasteiger partial charge in [0.05, 0.1) is 18.6 Å². The van der Waals surface area contributed by atoms with E-state index in [2.05, 4.69) is 23.3 Å². The average Bonchev–Trinajstić information content (AvgIpc) is 2.35. The Balaban J connectivity index is 2.63. The molecule has 1 unspecified atom stereocenters. The van der Waals surface area contributed by atoms with Gasteiger partial charge >= 0.3 is 0 Å². The molecular formula is C14H21N3O. The molecule has 1 atom stereocenters. The molecule has 0 radical (unpaired) electrons. The molecule has 0 saturated carbocycles. The summed E-state index contributed by atoms with van der Waals surface area (Å²) in [6.45, 7) is 6.71. The number of nitrogens with one attached hydrogen (secondary N) is 1. The zero-order valence-corrected chi connectivity index (χ0v) is 11.3. The van der Waals surface area contributed by atoms with Crippen molar-refractivity contribution < 1.29 is 4.74 Å². The van der Waals surface area contributed by atoms with Crippen LogP contribution in [0.15, 0.2) is 18.3 Å². The van der Waals surface area contributed by atoms with E-state index < -0.39 is 0 Å². The van der Waals surface area contributed by atoms with Crippen molar-refractivity contribution in [2.24, 2.45) is 0 Å². The lowest BCUT2D eigenvalue weighted by Crippen LogP contribution is -2.27. The lowest BCUT2D eigenvalue weighted by atomic mass is 10.1. The second-order valence-electron chi connectivity index (χ2n) is 4.48. The highest BCUT2D eigenvalue weighted by molar-refractivity contribution is 5.25. The van der Waals surface area contributed by atoms with Crippen LogP contribution >= 0.6 is 0 Å². The summed E-state index contributed by atoms with van der Waals surface area (Å²) in [4.78, 5) is 4.24. The SMILES string of the molecule is CCC(CC#N)NCc1cccnc1OC(C)C. The highest BCUT2D eigenvalue weighted by atomic mass is 16.5. The van der Waals surface area contributed by atoms with Crippen LogP contribution in [0.4, 0.5) is 0 Å². The first-order valence-electron chi connectivity index (χ1n) is 6.38. The van der Waals surface area contributed by atoms with Gasteiger partial charge in [-0.1, -0.05) is 13.0 Å². The van der Waals surface area contributed by atoms with Gasteiger partial charge in [0, 0.05) is 24.3 Å². The summed E-state index contributed by atoms with van der Waals surface area (Å²) in [5.41, 5.74) is 1.03. The molecule has 18 heavy (non-hydrogen) atoms. The van der Waals surface area contributed by atoms with Gasteiger partial charge < -0.3 is 10.1 Å². The molecule has 0 aliphatic heterocycles. The van der Waals surface area contributed by atoms with Crippen molar-refractivity contribution in [3.63, 3.8) is 0 Å². The van der Waals surface area contributed by atoms with Crippen LogP contribution in [-0.2, 0) is 6.54 Å². The molecular weight excluding hydrogens is 226 g/mol. The van der Waals surface area contributed by atoms with E-state index in [1.54, 1.807) is 6.20 Å². The Hall–Kier alpha value is -1.60. The third-order valence-corrected chi connectivity index (χ3v) is 2.61. The van der Waals surface area contributed by atoms with E-state index in [4.69, 9.17) is 10.00 Å². The summed E-state index contributed by atoms with van der Waals surface area (Å²) in [5.74, 6) is 0.673. The van der Waals surface area contributed by atoms with Crippen LogP contribution in [-0.4, -0.2) is 17.1 Å². The monoisotopic (exact) mass is 247 g/mol. The Morgan fingerprint density at radius 3 is 2.89 bits per heavy atom. The third kappa shape index (κ3) is 4.72. The zero-order valence-electron chi connectivity index (χ0n) is 11.3. The van der Waals surface area contributed by atoms with E-state index in [-0.39, 0.29) is 12.1 Å². The molecule has 1 heterocycles. The maximum atomic E-state index is 8.71. The fourth-order valence-electron chi connectivity index (χ4n) is 1.61. The number of nitrogens with zero attached hydrogens (tertiary/aromatic N) is 2.